The molecule has 1 heterocycles. The number of rotatable bonds is 2. The van der Waals surface area contributed by atoms with Crippen molar-refractivity contribution in [1.82, 2.24) is 4.98 Å². The summed E-state index contributed by atoms with van der Waals surface area (Å²) in [6, 6.07) is 8.66. The van der Waals surface area contributed by atoms with Crippen LogP contribution in [0.3, 0.4) is 0 Å². The van der Waals surface area contributed by atoms with Crippen molar-refractivity contribution >= 4 is 28.8 Å². The first-order chi connectivity index (χ1) is 9.86. The van der Waals surface area contributed by atoms with Gasteiger partial charge in [-0.05, 0) is 42.9 Å². The summed E-state index contributed by atoms with van der Waals surface area (Å²) in [5.41, 5.74) is 0.0995. The Kier molecular flexibility index (Phi) is 4.42. The molecule has 2 rings (SSSR count). The van der Waals surface area contributed by atoms with Crippen LogP contribution < -0.4 is 10.6 Å². The Morgan fingerprint density at radius 3 is 2.43 bits per heavy atom. The molecular weight excluding hydrogens is 299 g/mol. The van der Waals surface area contributed by atoms with Gasteiger partial charge >= 0.3 is 6.18 Å². The zero-order valence-corrected chi connectivity index (χ0v) is 11.8. The van der Waals surface area contributed by atoms with E-state index in [9.17, 15) is 13.2 Å². The molecule has 1 aromatic carbocycles. The maximum absolute atomic E-state index is 12.9. The van der Waals surface area contributed by atoms with Crippen molar-refractivity contribution in [2.24, 2.45) is 0 Å². The minimum Gasteiger partial charge on any atom is -0.332 e. The van der Waals surface area contributed by atoms with Crippen LogP contribution >= 0.6 is 12.2 Å². The van der Waals surface area contributed by atoms with Gasteiger partial charge in [0.1, 0.15) is 5.82 Å². The van der Waals surface area contributed by atoms with E-state index in [1.807, 2.05) is 13.0 Å². The fourth-order valence-electron chi connectivity index (χ4n) is 1.65. The number of nitrogens with one attached hydrogen (secondary N) is 2. The summed E-state index contributed by atoms with van der Waals surface area (Å²) in [5, 5.41) is 5.32. The Morgan fingerprint density at radius 2 is 1.81 bits per heavy atom. The lowest BCUT2D eigenvalue weighted by Crippen LogP contribution is -2.22. The Labute approximate surface area is 125 Å². The third-order valence-electron chi connectivity index (χ3n) is 2.63. The first-order valence-corrected chi connectivity index (χ1v) is 6.44. The van der Waals surface area contributed by atoms with Gasteiger partial charge in [-0.3, -0.25) is 0 Å². The van der Waals surface area contributed by atoms with Gasteiger partial charge in [0.2, 0.25) is 0 Å². The van der Waals surface area contributed by atoms with Crippen LogP contribution in [0.2, 0.25) is 0 Å². The summed E-state index contributed by atoms with van der Waals surface area (Å²) >= 11 is 5.00. The molecule has 0 saturated carbocycles. The lowest BCUT2D eigenvalue weighted by atomic mass is 10.1. The third kappa shape index (κ3) is 4.16. The van der Waals surface area contributed by atoms with Gasteiger partial charge in [-0.1, -0.05) is 18.2 Å². The molecule has 0 spiro atoms. The maximum atomic E-state index is 12.9. The number of hydrogen-bond donors (Lipinski definition) is 2. The number of hydrogen-bond acceptors (Lipinski definition) is 2. The predicted molar refractivity (Wildman–Crippen MR) is 80.3 cm³/mol. The van der Waals surface area contributed by atoms with Crippen molar-refractivity contribution in [1.29, 1.82) is 0 Å². The Balaban J connectivity index is 2.11. The van der Waals surface area contributed by atoms with Crippen LogP contribution in [0.4, 0.5) is 24.7 Å². The molecule has 0 bridgehead atoms. The van der Waals surface area contributed by atoms with Gasteiger partial charge in [0, 0.05) is 6.20 Å². The zero-order chi connectivity index (χ0) is 15.5. The molecule has 0 radical (unpaired) electrons. The van der Waals surface area contributed by atoms with E-state index >= 15 is 0 Å². The van der Waals surface area contributed by atoms with E-state index in [0.29, 0.717) is 5.82 Å². The van der Waals surface area contributed by atoms with Crippen molar-refractivity contribution in [3.63, 3.8) is 0 Å². The predicted octanol–water partition coefficient (Wildman–Crippen LogP) is 4.22. The standard InChI is InChI=1S/C14H12F3N3S/c1-9-6-7-12(18-8-9)20-13(21)19-11-5-3-2-4-10(11)14(15,16)17/h2-8H,1H3,(H2,18,19,20,21). The number of benzene rings is 1. The first kappa shape index (κ1) is 15.2. The number of anilines is 2. The topological polar surface area (TPSA) is 37.0 Å². The van der Waals surface area contributed by atoms with Crippen LogP contribution in [0.15, 0.2) is 42.6 Å². The molecule has 0 unspecified atom stereocenters. The molecule has 0 aliphatic carbocycles. The Bertz CT molecular complexity index is 639. The molecule has 1 aromatic heterocycles. The minimum atomic E-state index is -4.44. The minimum absolute atomic E-state index is 0.0445. The van der Waals surface area contributed by atoms with E-state index in [1.54, 1.807) is 12.3 Å². The SMILES string of the molecule is Cc1ccc(NC(=S)Nc2ccccc2C(F)(F)F)nc1. The second-order valence-electron chi connectivity index (χ2n) is 4.34. The number of pyridine rings is 1. The van der Waals surface area contributed by atoms with E-state index in [0.717, 1.165) is 11.6 Å². The van der Waals surface area contributed by atoms with E-state index in [4.69, 9.17) is 12.2 Å². The van der Waals surface area contributed by atoms with Crippen molar-refractivity contribution in [2.75, 3.05) is 10.6 Å². The maximum Gasteiger partial charge on any atom is 0.418 e. The first-order valence-electron chi connectivity index (χ1n) is 6.03. The highest BCUT2D eigenvalue weighted by molar-refractivity contribution is 7.80. The molecule has 0 amide bonds. The van der Waals surface area contributed by atoms with E-state index < -0.39 is 11.7 Å². The smallest absolute Gasteiger partial charge is 0.332 e. The van der Waals surface area contributed by atoms with Gasteiger partial charge < -0.3 is 10.6 Å². The highest BCUT2D eigenvalue weighted by Gasteiger charge is 2.33. The number of para-hydroxylation sites is 1. The Hall–Kier alpha value is -2.15. The van der Waals surface area contributed by atoms with Crippen LogP contribution in [0.5, 0.6) is 0 Å². The fourth-order valence-corrected chi connectivity index (χ4v) is 1.87. The van der Waals surface area contributed by atoms with Crippen LogP contribution in [0.25, 0.3) is 0 Å². The van der Waals surface area contributed by atoms with E-state index in [-0.39, 0.29) is 10.8 Å². The molecule has 7 heteroatoms. The number of halogens is 3. The molecule has 3 nitrogen and oxygen atoms in total. The highest BCUT2D eigenvalue weighted by Crippen LogP contribution is 2.34. The largest absolute Gasteiger partial charge is 0.418 e. The zero-order valence-electron chi connectivity index (χ0n) is 11.0. The van der Waals surface area contributed by atoms with Crippen molar-refractivity contribution in [3.8, 4) is 0 Å². The highest BCUT2D eigenvalue weighted by atomic mass is 32.1. The number of nitrogens with zero attached hydrogens (tertiary/aromatic N) is 1. The summed E-state index contributed by atoms with van der Waals surface area (Å²) in [6.07, 6.45) is -2.81. The molecule has 21 heavy (non-hydrogen) atoms. The number of alkyl halides is 3. The van der Waals surface area contributed by atoms with Crippen molar-refractivity contribution < 1.29 is 13.2 Å². The average molecular weight is 311 g/mol. The Morgan fingerprint density at radius 1 is 1.10 bits per heavy atom. The molecule has 0 aliphatic rings. The molecule has 0 aliphatic heterocycles. The van der Waals surface area contributed by atoms with Gasteiger partial charge in [0.05, 0.1) is 11.3 Å². The summed E-state index contributed by atoms with van der Waals surface area (Å²) in [4.78, 5) is 4.07. The summed E-state index contributed by atoms with van der Waals surface area (Å²) < 4.78 is 38.6. The normalized spacial score (nSPS) is 11.0. The van der Waals surface area contributed by atoms with E-state index in [1.165, 1.54) is 18.2 Å². The molecule has 110 valence electrons. The molecule has 0 atom stereocenters. The molecule has 2 N–H and O–H groups in total. The second kappa shape index (κ2) is 6.09. The summed E-state index contributed by atoms with van der Waals surface area (Å²) in [6.45, 7) is 1.88. The van der Waals surface area contributed by atoms with E-state index in [2.05, 4.69) is 15.6 Å². The third-order valence-corrected chi connectivity index (χ3v) is 2.84. The van der Waals surface area contributed by atoms with Crippen LogP contribution in [0, 0.1) is 6.92 Å². The second-order valence-corrected chi connectivity index (χ2v) is 4.75. The number of thiocarbonyl (C=S) groups is 1. The summed E-state index contributed by atoms with van der Waals surface area (Å²) in [7, 11) is 0. The quantitative estimate of drug-likeness (QED) is 0.814. The van der Waals surface area contributed by atoms with Crippen LogP contribution in [-0.4, -0.2) is 10.1 Å². The van der Waals surface area contributed by atoms with Crippen LogP contribution in [-0.2, 0) is 6.18 Å². The lowest BCUT2D eigenvalue weighted by molar-refractivity contribution is -0.136. The van der Waals surface area contributed by atoms with Gasteiger partial charge in [0.25, 0.3) is 0 Å². The van der Waals surface area contributed by atoms with Gasteiger partial charge in [0.15, 0.2) is 5.11 Å². The van der Waals surface area contributed by atoms with Crippen molar-refractivity contribution in [3.05, 3.63) is 53.7 Å². The molecule has 2 aromatic rings. The van der Waals surface area contributed by atoms with Crippen LogP contribution in [0.1, 0.15) is 11.1 Å². The van der Waals surface area contributed by atoms with Gasteiger partial charge in [-0.15, -0.1) is 0 Å². The fraction of sp³-hybridized carbons (Fsp3) is 0.143. The molecule has 0 fully saturated rings. The summed E-state index contributed by atoms with van der Waals surface area (Å²) in [5.74, 6) is 0.461. The van der Waals surface area contributed by atoms with Gasteiger partial charge in [-0.25, -0.2) is 4.98 Å². The molecular formula is C14H12F3N3S. The number of aryl methyl sites for hydroxylation is 1. The lowest BCUT2D eigenvalue weighted by Gasteiger charge is -2.15. The monoisotopic (exact) mass is 311 g/mol. The van der Waals surface area contributed by atoms with Gasteiger partial charge in [-0.2, -0.15) is 13.2 Å². The van der Waals surface area contributed by atoms with Crippen molar-refractivity contribution in [2.45, 2.75) is 13.1 Å². The molecule has 0 saturated heterocycles. The average Bonchev–Trinajstić information content (AvgIpc) is 2.41. The number of aromatic nitrogens is 1.